The van der Waals surface area contributed by atoms with Crippen LogP contribution < -0.4 is 10.9 Å². The molecular formula is C21H19N5O2. The first-order valence-corrected chi connectivity index (χ1v) is 8.94. The van der Waals surface area contributed by atoms with Gasteiger partial charge in [0.15, 0.2) is 0 Å². The molecule has 0 atom stereocenters. The van der Waals surface area contributed by atoms with Crippen LogP contribution in [0.2, 0.25) is 0 Å². The van der Waals surface area contributed by atoms with Gasteiger partial charge in [-0.2, -0.15) is 5.10 Å². The number of hydrogen-bond acceptors (Lipinski definition) is 4. The minimum atomic E-state index is -0.252. The fourth-order valence-corrected chi connectivity index (χ4v) is 3.15. The molecule has 4 aromatic rings. The van der Waals surface area contributed by atoms with E-state index < -0.39 is 0 Å². The summed E-state index contributed by atoms with van der Waals surface area (Å²) in [5.74, 6) is 0.258. The van der Waals surface area contributed by atoms with E-state index in [1.54, 1.807) is 36.0 Å². The molecule has 4 rings (SSSR count). The summed E-state index contributed by atoms with van der Waals surface area (Å²) >= 11 is 0. The highest BCUT2D eigenvalue weighted by Crippen LogP contribution is 2.13. The van der Waals surface area contributed by atoms with Crippen LogP contribution >= 0.6 is 0 Å². The molecule has 0 fully saturated rings. The second-order valence-electron chi connectivity index (χ2n) is 6.42. The molecule has 2 aromatic heterocycles. The normalized spacial score (nSPS) is 10.9. The van der Waals surface area contributed by atoms with Crippen molar-refractivity contribution < 1.29 is 4.79 Å². The Hall–Kier alpha value is -3.74. The van der Waals surface area contributed by atoms with Crippen LogP contribution in [-0.2, 0) is 17.9 Å². The van der Waals surface area contributed by atoms with Crippen molar-refractivity contribution in [2.75, 3.05) is 0 Å². The van der Waals surface area contributed by atoms with E-state index in [2.05, 4.69) is 15.4 Å². The largest absolute Gasteiger partial charge is 0.350 e. The quantitative estimate of drug-likeness (QED) is 0.581. The van der Waals surface area contributed by atoms with Crippen molar-refractivity contribution in [2.45, 2.75) is 20.0 Å². The van der Waals surface area contributed by atoms with Gasteiger partial charge in [-0.1, -0.05) is 30.3 Å². The second-order valence-corrected chi connectivity index (χ2v) is 6.42. The van der Waals surface area contributed by atoms with E-state index >= 15 is 0 Å². The number of aromatic nitrogens is 4. The average Bonchev–Trinajstić information content (AvgIpc) is 3.24. The maximum absolute atomic E-state index is 12.7. The number of para-hydroxylation sites is 2. The van der Waals surface area contributed by atoms with Crippen molar-refractivity contribution in [1.82, 2.24) is 24.6 Å². The molecular weight excluding hydrogens is 354 g/mol. The first kappa shape index (κ1) is 17.7. The molecule has 1 N–H and O–H groups in total. The monoisotopic (exact) mass is 373 g/mol. The number of rotatable bonds is 5. The van der Waals surface area contributed by atoms with Gasteiger partial charge >= 0.3 is 0 Å². The van der Waals surface area contributed by atoms with Crippen LogP contribution in [0.3, 0.4) is 0 Å². The Morgan fingerprint density at radius 3 is 2.68 bits per heavy atom. The number of fused-ring (bicyclic) bond motifs is 1. The zero-order chi connectivity index (χ0) is 19.5. The highest BCUT2D eigenvalue weighted by atomic mass is 16.2. The summed E-state index contributed by atoms with van der Waals surface area (Å²) in [4.78, 5) is 29.6. The van der Waals surface area contributed by atoms with Gasteiger partial charge in [0.25, 0.3) is 5.56 Å². The van der Waals surface area contributed by atoms with Crippen LogP contribution in [0, 0.1) is 6.92 Å². The van der Waals surface area contributed by atoms with Gasteiger partial charge in [-0.15, -0.1) is 0 Å². The highest BCUT2D eigenvalue weighted by molar-refractivity contribution is 5.79. The average molecular weight is 373 g/mol. The number of nitrogens with one attached hydrogen (secondary N) is 1. The third kappa shape index (κ3) is 3.42. The summed E-state index contributed by atoms with van der Waals surface area (Å²) in [6.07, 6.45) is 3.56. The lowest BCUT2D eigenvalue weighted by Gasteiger charge is -2.13. The van der Waals surface area contributed by atoms with Crippen LogP contribution in [0.4, 0.5) is 0 Å². The van der Waals surface area contributed by atoms with Crippen molar-refractivity contribution in [3.8, 4) is 5.69 Å². The van der Waals surface area contributed by atoms with Crippen molar-refractivity contribution in [3.05, 3.63) is 88.7 Å². The molecule has 0 saturated heterocycles. The molecule has 0 unspecified atom stereocenters. The summed E-state index contributed by atoms with van der Waals surface area (Å²) < 4.78 is 3.15. The van der Waals surface area contributed by atoms with Gasteiger partial charge in [0, 0.05) is 18.9 Å². The minimum absolute atomic E-state index is 0.0769. The molecule has 2 aromatic carbocycles. The SMILES string of the molecule is Cc1nc2ccccc2c(=O)n1CC(=O)NCc1ccccc1-n1cccn1. The molecule has 0 aliphatic rings. The number of amides is 1. The van der Waals surface area contributed by atoms with Gasteiger partial charge in [0.05, 0.1) is 16.6 Å². The Labute approximate surface area is 161 Å². The topological polar surface area (TPSA) is 81.8 Å². The number of hydrogen-bond donors (Lipinski definition) is 1. The predicted molar refractivity (Wildman–Crippen MR) is 106 cm³/mol. The van der Waals surface area contributed by atoms with Crippen LogP contribution in [0.1, 0.15) is 11.4 Å². The fraction of sp³-hybridized carbons (Fsp3) is 0.143. The zero-order valence-electron chi connectivity index (χ0n) is 15.4. The zero-order valence-corrected chi connectivity index (χ0v) is 15.4. The van der Waals surface area contributed by atoms with E-state index in [0.717, 1.165) is 11.3 Å². The molecule has 28 heavy (non-hydrogen) atoms. The number of benzene rings is 2. The van der Waals surface area contributed by atoms with Gasteiger partial charge in [-0.3, -0.25) is 14.2 Å². The van der Waals surface area contributed by atoms with Gasteiger partial charge in [-0.25, -0.2) is 9.67 Å². The standard InChI is InChI=1S/C21H19N5O2/c1-15-24-18-9-4-3-8-17(18)21(28)25(15)14-20(27)22-13-16-7-2-5-10-19(16)26-12-6-11-23-26/h2-12H,13-14H2,1H3,(H,22,27). The summed E-state index contributed by atoms with van der Waals surface area (Å²) in [7, 11) is 0. The highest BCUT2D eigenvalue weighted by Gasteiger charge is 2.12. The number of carbonyl (C=O) groups is 1. The molecule has 0 spiro atoms. The van der Waals surface area contributed by atoms with E-state index in [1.165, 1.54) is 4.57 Å². The maximum Gasteiger partial charge on any atom is 0.261 e. The number of aryl methyl sites for hydroxylation is 1. The minimum Gasteiger partial charge on any atom is -0.350 e. The Balaban J connectivity index is 1.52. The van der Waals surface area contributed by atoms with Crippen LogP contribution in [0.5, 0.6) is 0 Å². The summed E-state index contributed by atoms with van der Waals surface area (Å²) in [6.45, 7) is 1.99. The molecule has 0 saturated carbocycles. The number of carbonyl (C=O) groups excluding carboxylic acids is 1. The molecule has 0 radical (unpaired) electrons. The number of nitrogens with zero attached hydrogens (tertiary/aromatic N) is 4. The molecule has 7 nitrogen and oxygen atoms in total. The van der Waals surface area contributed by atoms with E-state index in [1.807, 2.05) is 42.6 Å². The van der Waals surface area contributed by atoms with Gasteiger partial charge < -0.3 is 5.32 Å². The van der Waals surface area contributed by atoms with Crippen molar-refractivity contribution in [1.29, 1.82) is 0 Å². The molecule has 140 valence electrons. The van der Waals surface area contributed by atoms with E-state index in [0.29, 0.717) is 23.3 Å². The lowest BCUT2D eigenvalue weighted by atomic mass is 10.2. The summed E-state index contributed by atoms with van der Waals surface area (Å²) in [5.41, 5.74) is 2.25. The molecule has 0 aliphatic carbocycles. The lowest BCUT2D eigenvalue weighted by molar-refractivity contribution is -0.121. The van der Waals surface area contributed by atoms with E-state index in [-0.39, 0.29) is 18.0 Å². The van der Waals surface area contributed by atoms with Gasteiger partial charge in [-0.05, 0) is 36.8 Å². The predicted octanol–water partition coefficient (Wildman–Crippen LogP) is 2.21. The van der Waals surface area contributed by atoms with Crippen LogP contribution in [0.15, 0.2) is 71.8 Å². The Kier molecular flexibility index (Phi) is 4.72. The molecule has 0 bridgehead atoms. The second kappa shape index (κ2) is 7.48. The van der Waals surface area contributed by atoms with Crippen molar-refractivity contribution in [2.24, 2.45) is 0 Å². The first-order valence-electron chi connectivity index (χ1n) is 8.94. The Morgan fingerprint density at radius 2 is 1.86 bits per heavy atom. The third-order valence-corrected chi connectivity index (χ3v) is 4.57. The smallest absolute Gasteiger partial charge is 0.261 e. The fourth-order valence-electron chi connectivity index (χ4n) is 3.15. The molecule has 7 heteroatoms. The summed E-state index contributed by atoms with van der Waals surface area (Å²) in [6, 6.07) is 16.7. The van der Waals surface area contributed by atoms with Gasteiger partial charge in [0.2, 0.25) is 5.91 Å². The van der Waals surface area contributed by atoms with E-state index in [9.17, 15) is 9.59 Å². The molecule has 2 heterocycles. The maximum atomic E-state index is 12.7. The van der Waals surface area contributed by atoms with Crippen LogP contribution in [-0.4, -0.2) is 25.2 Å². The lowest BCUT2D eigenvalue weighted by Crippen LogP contribution is -2.33. The molecule has 1 amide bonds. The van der Waals surface area contributed by atoms with Crippen molar-refractivity contribution >= 4 is 16.8 Å². The first-order chi connectivity index (χ1) is 13.6. The Morgan fingerprint density at radius 1 is 1.07 bits per heavy atom. The summed E-state index contributed by atoms with van der Waals surface area (Å²) in [5, 5.41) is 7.63. The Bertz CT molecular complexity index is 1200. The van der Waals surface area contributed by atoms with E-state index in [4.69, 9.17) is 0 Å². The van der Waals surface area contributed by atoms with Crippen LogP contribution in [0.25, 0.3) is 16.6 Å². The molecule has 0 aliphatic heterocycles. The van der Waals surface area contributed by atoms with Crippen molar-refractivity contribution in [3.63, 3.8) is 0 Å². The van der Waals surface area contributed by atoms with Gasteiger partial charge in [0.1, 0.15) is 12.4 Å². The third-order valence-electron chi connectivity index (χ3n) is 4.57.